The number of hydrogen-bond donors (Lipinski definition) is 0. The van der Waals surface area contributed by atoms with Crippen LogP contribution in [0, 0.1) is 0 Å². The zero-order valence-electron chi connectivity index (χ0n) is 12.8. The van der Waals surface area contributed by atoms with Crippen molar-refractivity contribution in [2.75, 3.05) is 13.7 Å². The number of rotatable bonds is 3. The first-order chi connectivity index (χ1) is 11.1. The molecule has 3 rings (SSSR count). The van der Waals surface area contributed by atoms with E-state index in [1.54, 1.807) is 25.3 Å². The largest absolute Gasteiger partial charge is 0.497 e. The van der Waals surface area contributed by atoms with Crippen LogP contribution in [-0.4, -0.2) is 24.5 Å². The molecule has 0 bridgehead atoms. The molecular weight excluding hydrogens is 333 g/mol. The van der Waals surface area contributed by atoms with Crippen LogP contribution in [0.3, 0.4) is 0 Å². The second kappa shape index (κ2) is 6.81. The zero-order chi connectivity index (χ0) is 16.4. The molecule has 1 fully saturated rings. The SMILES string of the molecule is COc1ccc(C2CCCN2C(=O)c2ccc(Cl)c(Cl)c2)cc1. The van der Waals surface area contributed by atoms with Crippen molar-refractivity contribution in [1.29, 1.82) is 0 Å². The van der Waals surface area contributed by atoms with E-state index in [0.717, 1.165) is 30.7 Å². The lowest BCUT2D eigenvalue weighted by Crippen LogP contribution is -2.30. The van der Waals surface area contributed by atoms with E-state index >= 15 is 0 Å². The highest BCUT2D eigenvalue weighted by Crippen LogP contribution is 2.34. The molecule has 23 heavy (non-hydrogen) atoms. The maximum absolute atomic E-state index is 12.8. The number of likely N-dealkylation sites (tertiary alicyclic amines) is 1. The van der Waals surface area contributed by atoms with E-state index < -0.39 is 0 Å². The summed E-state index contributed by atoms with van der Waals surface area (Å²) < 4.78 is 5.19. The third kappa shape index (κ3) is 3.31. The maximum atomic E-state index is 12.8. The summed E-state index contributed by atoms with van der Waals surface area (Å²) in [7, 11) is 1.64. The van der Waals surface area contributed by atoms with Gasteiger partial charge in [-0.1, -0.05) is 35.3 Å². The van der Waals surface area contributed by atoms with E-state index in [1.165, 1.54) is 0 Å². The Morgan fingerprint density at radius 3 is 2.52 bits per heavy atom. The Labute approximate surface area is 145 Å². The number of nitrogens with zero attached hydrogens (tertiary/aromatic N) is 1. The first-order valence-corrected chi connectivity index (χ1v) is 8.25. The number of ether oxygens (including phenoxy) is 1. The highest BCUT2D eigenvalue weighted by atomic mass is 35.5. The number of benzene rings is 2. The van der Waals surface area contributed by atoms with Crippen LogP contribution in [0.4, 0.5) is 0 Å². The van der Waals surface area contributed by atoms with Crippen molar-refractivity contribution in [3.63, 3.8) is 0 Å². The minimum absolute atomic E-state index is 0.0121. The van der Waals surface area contributed by atoms with E-state index in [9.17, 15) is 4.79 Å². The molecule has 1 atom stereocenters. The van der Waals surface area contributed by atoms with Gasteiger partial charge in [-0.25, -0.2) is 0 Å². The van der Waals surface area contributed by atoms with Gasteiger partial charge >= 0.3 is 0 Å². The summed E-state index contributed by atoms with van der Waals surface area (Å²) in [6.45, 7) is 0.746. The Bertz CT molecular complexity index is 715. The predicted molar refractivity (Wildman–Crippen MR) is 92.5 cm³/mol. The van der Waals surface area contributed by atoms with Gasteiger partial charge in [-0.05, 0) is 48.7 Å². The molecule has 0 saturated carbocycles. The number of amides is 1. The Morgan fingerprint density at radius 2 is 1.87 bits per heavy atom. The fraction of sp³-hybridized carbons (Fsp3) is 0.278. The van der Waals surface area contributed by atoms with Gasteiger partial charge in [-0.2, -0.15) is 0 Å². The van der Waals surface area contributed by atoms with Gasteiger partial charge in [-0.3, -0.25) is 4.79 Å². The van der Waals surface area contributed by atoms with Gasteiger partial charge in [0.1, 0.15) is 5.75 Å². The number of hydrogen-bond acceptors (Lipinski definition) is 2. The standard InChI is InChI=1S/C18H17Cl2NO2/c1-23-14-7-4-12(5-8-14)17-3-2-10-21(17)18(22)13-6-9-15(19)16(20)11-13/h4-9,11,17H,2-3,10H2,1H3. The van der Waals surface area contributed by atoms with Crippen molar-refractivity contribution in [1.82, 2.24) is 4.90 Å². The van der Waals surface area contributed by atoms with E-state index in [2.05, 4.69) is 0 Å². The summed E-state index contributed by atoms with van der Waals surface area (Å²) in [6.07, 6.45) is 1.95. The van der Waals surface area contributed by atoms with Crippen molar-refractivity contribution < 1.29 is 9.53 Å². The number of halogens is 2. The van der Waals surface area contributed by atoms with Crippen LogP contribution in [0.5, 0.6) is 5.75 Å². The summed E-state index contributed by atoms with van der Waals surface area (Å²) in [4.78, 5) is 14.7. The van der Waals surface area contributed by atoms with Crippen molar-refractivity contribution in [3.8, 4) is 5.75 Å². The number of carbonyl (C=O) groups is 1. The van der Waals surface area contributed by atoms with Crippen molar-refractivity contribution in [2.45, 2.75) is 18.9 Å². The van der Waals surface area contributed by atoms with Gasteiger partial charge < -0.3 is 9.64 Å². The van der Waals surface area contributed by atoms with Crippen LogP contribution in [0.15, 0.2) is 42.5 Å². The lowest BCUT2D eigenvalue weighted by atomic mass is 10.0. The van der Waals surface area contributed by atoms with Crippen LogP contribution in [0.2, 0.25) is 10.0 Å². The van der Waals surface area contributed by atoms with Crippen LogP contribution in [0.1, 0.15) is 34.8 Å². The van der Waals surface area contributed by atoms with Crippen LogP contribution in [0.25, 0.3) is 0 Å². The Hall–Kier alpha value is -1.71. The summed E-state index contributed by atoms with van der Waals surface area (Å²) in [6, 6.07) is 13.0. The van der Waals surface area contributed by atoms with Gasteiger partial charge in [0.25, 0.3) is 5.91 Å². The van der Waals surface area contributed by atoms with Crippen LogP contribution in [-0.2, 0) is 0 Å². The first-order valence-electron chi connectivity index (χ1n) is 7.50. The predicted octanol–water partition coefficient (Wildman–Crippen LogP) is 4.98. The van der Waals surface area contributed by atoms with Gasteiger partial charge in [0.15, 0.2) is 0 Å². The molecule has 1 aliphatic heterocycles. The average Bonchev–Trinajstić information content (AvgIpc) is 3.06. The minimum Gasteiger partial charge on any atom is -0.497 e. The Balaban J connectivity index is 1.85. The molecule has 1 aliphatic rings. The second-order valence-corrected chi connectivity index (χ2v) is 6.37. The fourth-order valence-corrected chi connectivity index (χ4v) is 3.28. The van der Waals surface area contributed by atoms with E-state index in [1.807, 2.05) is 29.2 Å². The fourth-order valence-electron chi connectivity index (χ4n) is 2.98. The van der Waals surface area contributed by atoms with Crippen LogP contribution >= 0.6 is 23.2 Å². The zero-order valence-corrected chi connectivity index (χ0v) is 14.3. The lowest BCUT2D eigenvalue weighted by Gasteiger charge is -2.25. The molecule has 5 heteroatoms. The Kier molecular flexibility index (Phi) is 4.79. The third-order valence-electron chi connectivity index (χ3n) is 4.18. The molecule has 120 valence electrons. The number of methoxy groups -OCH3 is 1. The molecule has 1 amide bonds. The molecule has 0 spiro atoms. The molecular formula is C18H17Cl2NO2. The normalized spacial score (nSPS) is 17.3. The van der Waals surface area contributed by atoms with Gasteiger partial charge in [0.2, 0.25) is 0 Å². The van der Waals surface area contributed by atoms with Gasteiger partial charge in [-0.15, -0.1) is 0 Å². The summed E-state index contributed by atoms with van der Waals surface area (Å²) >= 11 is 12.0. The van der Waals surface area contributed by atoms with Crippen LogP contribution < -0.4 is 4.74 Å². The molecule has 1 unspecified atom stereocenters. The molecule has 1 saturated heterocycles. The molecule has 2 aromatic carbocycles. The monoisotopic (exact) mass is 349 g/mol. The molecule has 0 aliphatic carbocycles. The lowest BCUT2D eigenvalue weighted by molar-refractivity contribution is 0.0735. The van der Waals surface area contributed by atoms with E-state index in [0.29, 0.717) is 15.6 Å². The highest BCUT2D eigenvalue weighted by Gasteiger charge is 2.30. The molecule has 3 nitrogen and oxygen atoms in total. The minimum atomic E-state index is -0.0121. The average molecular weight is 350 g/mol. The smallest absolute Gasteiger partial charge is 0.254 e. The highest BCUT2D eigenvalue weighted by molar-refractivity contribution is 6.42. The topological polar surface area (TPSA) is 29.5 Å². The van der Waals surface area contributed by atoms with Gasteiger partial charge in [0, 0.05) is 12.1 Å². The molecule has 2 aromatic rings. The van der Waals surface area contributed by atoms with Crippen molar-refractivity contribution in [2.24, 2.45) is 0 Å². The van der Waals surface area contributed by atoms with Gasteiger partial charge in [0.05, 0.1) is 23.2 Å². The molecule has 1 heterocycles. The van der Waals surface area contributed by atoms with E-state index in [-0.39, 0.29) is 11.9 Å². The summed E-state index contributed by atoms with van der Waals surface area (Å²) in [5.74, 6) is 0.802. The molecule has 0 aromatic heterocycles. The number of carbonyl (C=O) groups excluding carboxylic acids is 1. The maximum Gasteiger partial charge on any atom is 0.254 e. The second-order valence-electron chi connectivity index (χ2n) is 5.56. The molecule has 0 radical (unpaired) electrons. The van der Waals surface area contributed by atoms with Crippen molar-refractivity contribution >= 4 is 29.1 Å². The Morgan fingerprint density at radius 1 is 1.13 bits per heavy atom. The quantitative estimate of drug-likeness (QED) is 0.781. The molecule has 0 N–H and O–H groups in total. The first kappa shape index (κ1) is 16.2. The van der Waals surface area contributed by atoms with E-state index in [4.69, 9.17) is 27.9 Å². The van der Waals surface area contributed by atoms with Crippen molar-refractivity contribution in [3.05, 3.63) is 63.6 Å². The summed E-state index contributed by atoms with van der Waals surface area (Å²) in [5.41, 5.74) is 1.69. The third-order valence-corrected chi connectivity index (χ3v) is 4.92. The summed E-state index contributed by atoms with van der Waals surface area (Å²) in [5, 5.41) is 0.856.